The van der Waals surface area contributed by atoms with E-state index in [1.54, 1.807) is 29.5 Å². The summed E-state index contributed by atoms with van der Waals surface area (Å²) in [5, 5.41) is 3.59. The van der Waals surface area contributed by atoms with Crippen LogP contribution in [0.2, 0.25) is 0 Å². The summed E-state index contributed by atoms with van der Waals surface area (Å²) in [6.07, 6.45) is 4.54. The average molecular weight is 287 g/mol. The first-order valence-electron chi connectivity index (χ1n) is 6.79. The van der Waals surface area contributed by atoms with Crippen molar-refractivity contribution in [1.29, 1.82) is 0 Å². The van der Waals surface area contributed by atoms with Crippen LogP contribution in [0.4, 0.5) is 10.8 Å². The highest BCUT2D eigenvalue weighted by Crippen LogP contribution is 2.29. The Labute approximate surface area is 122 Å². The Morgan fingerprint density at radius 2 is 2.15 bits per heavy atom. The fraction of sp³-hybridized carbons (Fsp3) is 0.333. The molecule has 1 amide bonds. The minimum Gasteiger partial charge on any atom is -0.399 e. The van der Waals surface area contributed by atoms with Crippen LogP contribution in [0.3, 0.4) is 0 Å². The highest BCUT2D eigenvalue weighted by atomic mass is 32.1. The van der Waals surface area contributed by atoms with Crippen molar-refractivity contribution in [3.05, 3.63) is 39.9 Å². The molecule has 0 bridgehead atoms. The highest BCUT2D eigenvalue weighted by Gasteiger charge is 2.17. The van der Waals surface area contributed by atoms with Gasteiger partial charge in [0.05, 0.1) is 5.69 Å². The van der Waals surface area contributed by atoms with E-state index in [9.17, 15) is 4.79 Å². The standard InChI is InChI=1S/C15H17N3OS/c1-9-8-10(6-7-11(9)16)14(19)18-15-17-12-4-2-3-5-13(12)20-15/h6-8H,2-5,16H2,1H3,(H,17,18,19). The van der Waals surface area contributed by atoms with Crippen LogP contribution in [-0.4, -0.2) is 10.9 Å². The zero-order valence-corrected chi connectivity index (χ0v) is 12.2. The van der Waals surface area contributed by atoms with E-state index in [4.69, 9.17) is 5.73 Å². The maximum Gasteiger partial charge on any atom is 0.257 e. The first-order valence-corrected chi connectivity index (χ1v) is 7.61. The molecule has 20 heavy (non-hydrogen) atoms. The van der Waals surface area contributed by atoms with Gasteiger partial charge in [-0.3, -0.25) is 10.1 Å². The predicted octanol–water partition coefficient (Wildman–Crippen LogP) is 3.16. The molecule has 1 aromatic heterocycles. The minimum atomic E-state index is -0.126. The number of hydrogen-bond acceptors (Lipinski definition) is 4. The smallest absolute Gasteiger partial charge is 0.257 e. The van der Waals surface area contributed by atoms with Crippen LogP contribution in [0.25, 0.3) is 0 Å². The molecule has 2 aromatic rings. The van der Waals surface area contributed by atoms with Crippen molar-refractivity contribution in [2.45, 2.75) is 32.6 Å². The van der Waals surface area contributed by atoms with Gasteiger partial charge in [0, 0.05) is 16.1 Å². The van der Waals surface area contributed by atoms with Gasteiger partial charge in [0.15, 0.2) is 5.13 Å². The van der Waals surface area contributed by atoms with E-state index < -0.39 is 0 Å². The SMILES string of the molecule is Cc1cc(C(=O)Nc2nc3c(s2)CCCC3)ccc1N. The van der Waals surface area contributed by atoms with Gasteiger partial charge in [0.25, 0.3) is 5.91 Å². The molecule has 104 valence electrons. The lowest BCUT2D eigenvalue weighted by atomic mass is 10.0. The van der Waals surface area contributed by atoms with Gasteiger partial charge in [-0.25, -0.2) is 4.98 Å². The third kappa shape index (κ3) is 2.54. The van der Waals surface area contributed by atoms with Crippen LogP contribution >= 0.6 is 11.3 Å². The predicted molar refractivity (Wildman–Crippen MR) is 82.3 cm³/mol. The Balaban J connectivity index is 1.78. The van der Waals surface area contributed by atoms with E-state index in [0.717, 1.165) is 24.1 Å². The van der Waals surface area contributed by atoms with Gasteiger partial charge in [0.1, 0.15) is 0 Å². The summed E-state index contributed by atoms with van der Waals surface area (Å²) in [7, 11) is 0. The molecule has 0 unspecified atom stereocenters. The summed E-state index contributed by atoms with van der Waals surface area (Å²) in [5.41, 5.74) is 9.15. The van der Waals surface area contributed by atoms with E-state index in [-0.39, 0.29) is 5.91 Å². The number of anilines is 2. The van der Waals surface area contributed by atoms with Crippen molar-refractivity contribution < 1.29 is 4.79 Å². The number of aryl methyl sites for hydroxylation is 3. The molecular formula is C15H17N3OS. The van der Waals surface area contributed by atoms with Crippen LogP contribution in [0.15, 0.2) is 18.2 Å². The third-order valence-corrected chi connectivity index (χ3v) is 4.67. The van der Waals surface area contributed by atoms with Crippen LogP contribution in [-0.2, 0) is 12.8 Å². The zero-order chi connectivity index (χ0) is 14.1. The maximum atomic E-state index is 12.2. The van der Waals surface area contributed by atoms with E-state index in [1.807, 2.05) is 6.92 Å². The van der Waals surface area contributed by atoms with Crippen molar-refractivity contribution in [1.82, 2.24) is 4.98 Å². The number of nitrogens with one attached hydrogen (secondary N) is 1. The average Bonchev–Trinajstić information content (AvgIpc) is 2.83. The van der Waals surface area contributed by atoms with Gasteiger partial charge in [-0.2, -0.15) is 0 Å². The molecule has 0 radical (unpaired) electrons. The summed E-state index contributed by atoms with van der Waals surface area (Å²) in [6.45, 7) is 1.90. The lowest BCUT2D eigenvalue weighted by Gasteiger charge is -2.06. The fourth-order valence-corrected chi connectivity index (χ4v) is 3.44. The van der Waals surface area contributed by atoms with Gasteiger partial charge in [-0.1, -0.05) is 0 Å². The number of thiazole rings is 1. The van der Waals surface area contributed by atoms with Crippen molar-refractivity contribution >= 4 is 28.1 Å². The number of rotatable bonds is 2. The zero-order valence-electron chi connectivity index (χ0n) is 11.4. The lowest BCUT2D eigenvalue weighted by Crippen LogP contribution is -2.12. The van der Waals surface area contributed by atoms with Gasteiger partial charge < -0.3 is 5.73 Å². The number of carbonyl (C=O) groups excluding carboxylic acids is 1. The molecule has 0 saturated carbocycles. The summed E-state index contributed by atoms with van der Waals surface area (Å²) in [6, 6.07) is 5.31. The number of benzene rings is 1. The Morgan fingerprint density at radius 3 is 2.90 bits per heavy atom. The van der Waals surface area contributed by atoms with E-state index in [1.165, 1.54) is 17.7 Å². The second kappa shape index (κ2) is 5.25. The first-order chi connectivity index (χ1) is 9.63. The molecule has 0 spiro atoms. The Hall–Kier alpha value is -1.88. The molecule has 3 rings (SSSR count). The third-order valence-electron chi connectivity index (χ3n) is 3.60. The van der Waals surface area contributed by atoms with E-state index in [2.05, 4.69) is 10.3 Å². The number of hydrogen-bond donors (Lipinski definition) is 2. The number of carbonyl (C=O) groups is 1. The monoisotopic (exact) mass is 287 g/mol. The second-order valence-corrected chi connectivity index (χ2v) is 6.21. The van der Waals surface area contributed by atoms with Crippen LogP contribution in [0.1, 0.15) is 39.3 Å². The van der Waals surface area contributed by atoms with Gasteiger partial charge in [0.2, 0.25) is 0 Å². The Kier molecular flexibility index (Phi) is 3.44. The largest absolute Gasteiger partial charge is 0.399 e. The quantitative estimate of drug-likeness (QED) is 0.834. The highest BCUT2D eigenvalue weighted by molar-refractivity contribution is 7.15. The van der Waals surface area contributed by atoms with Crippen molar-refractivity contribution in [2.24, 2.45) is 0 Å². The number of amides is 1. The minimum absolute atomic E-state index is 0.126. The topological polar surface area (TPSA) is 68.0 Å². The molecule has 4 nitrogen and oxygen atoms in total. The number of nitrogen functional groups attached to an aromatic ring is 1. The Bertz CT molecular complexity index is 640. The number of aromatic nitrogens is 1. The summed E-state index contributed by atoms with van der Waals surface area (Å²) < 4.78 is 0. The van der Waals surface area contributed by atoms with Gasteiger partial charge in [-0.05, 0) is 56.4 Å². The molecule has 1 heterocycles. The molecule has 3 N–H and O–H groups in total. The summed E-state index contributed by atoms with van der Waals surface area (Å²) >= 11 is 1.60. The molecule has 0 atom stereocenters. The van der Waals surface area contributed by atoms with Gasteiger partial charge in [-0.15, -0.1) is 11.3 Å². The fourth-order valence-electron chi connectivity index (χ4n) is 2.39. The summed E-state index contributed by atoms with van der Waals surface area (Å²) in [5.74, 6) is -0.126. The number of nitrogens with zero attached hydrogens (tertiary/aromatic N) is 1. The van der Waals surface area contributed by atoms with Gasteiger partial charge >= 0.3 is 0 Å². The summed E-state index contributed by atoms with van der Waals surface area (Å²) in [4.78, 5) is 18.0. The Morgan fingerprint density at radius 1 is 1.35 bits per heavy atom. The van der Waals surface area contributed by atoms with Crippen molar-refractivity contribution in [3.63, 3.8) is 0 Å². The molecule has 1 aliphatic carbocycles. The molecule has 0 aliphatic heterocycles. The molecule has 5 heteroatoms. The molecular weight excluding hydrogens is 270 g/mol. The maximum absolute atomic E-state index is 12.2. The molecule has 0 saturated heterocycles. The molecule has 0 fully saturated rings. The lowest BCUT2D eigenvalue weighted by molar-refractivity contribution is 0.102. The second-order valence-electron chi connectivity index (χ2n) is 5.12. The normalized spacial score (nSPS) is 13.8. The van der Waals surface area contributed by atoms with E-state index in [0.29, 0.717) is 16.4 Å². The van der Waals surface area contributed by atoms with Crippen molar-refractivity contribution in [2.75, 3.05) is 11.1 Å². The number of nitrogens with two attached hydrogens (primary N) is 1. The molecule has 1 aromatic carbocycles. The molecule has 1 aliphatic rings. The van der Waals surface area contributed by atoms with E-state index >= 15 is 0 Å². The van der Waals surface area contributed by atoms with Crippen LogP contribution in [0.5, 0.6) is 0 Å². The van der Waals surface area contributed by atoms with Crippen molar-refractivity contribution in [3.8, 4) is 0 Å². The van der Waals surface area contributed by atoms with Crippen LogP contribution < -0.4 is 11.1 Å². The number of fused-ring (bicyclic) bond motifs is 1. The first kappa shape index (κ1) is 13.1. The van der Waals surface area contributed by atoms with Crippen LogP contribution in [0, 0.1) is 6.92 Å².